The predicted octanol–water partition coefficient (Wildman–Crippen LogP) is 5.86. The second-order valence-electron chi connectivity index (χ2n) is 7.31. The van der Waals surface area contributed by atoms with Crippen molar-refractivity contribution in [3.63, 3.8) is 0 Å². The van der Waals surface area contributed by atoms with Gasteiger partial charge in [0, 0.05) is 17.8 Å². The Hall–Kier alpha value is -4.12. The molecule has 0 fully saturated rings. The largest absolute Gasteiger partial charge is 0.454 e. The van der Waals surface area contributed by atoms with E-state index in [1.54, 1.807) is 29.2 Å². The molecular formula is C26H20N2O3. The Bertz CT molecular complexity index is 1320. The predicted molar refractivity (Wildman–Crippen MR) is 122 cm³/mol. The van der Waals surface area contributed by atoms with Crippen molar-refractivity contribution in [1.82, 2.24) is 0 Å². The first-order chi connectivity index (χ1) is 15.2. The van der Waals surface area contributed by atoms with Gasteiger partial charge in [0.2, 0.25) is 0 Å². The van der Waals surface area contributed by atoms with E-state index < -0.39 is 0 Å². The lowest BCUT2D eigenvalue weighted by molar-refractivity contribution is 0.0985. The number of amides is 2. The third-order valence-electron chi connectivity index (χ3n) is 5.44. The van der Waals surface area contributed by atoms with E-state index in [2.05, 4.69) is 5.32 Å². The van der Waals surface area contributed by atoms with Crippen molar-refractivity contribution in [2.45, 2.75) is 6.92 Å². The first-order valence-electron chi connectivity index (χ1n) is 10.2. The molecular weight excluding hydrogens is 388 g/mol. The van der Waals surface area contributed by atoms with Crippen LogP contribution in [-0.2, 0) is 0 Å². The van der Waals surface area contributed by atoms with E-state index >= 15 is 0 Å². The fourth-order valence-corrected chi connectivity index (χ4v) is 3.94. The maximum absolute atomic E-state index is 13.2. The Labute approximate surface area is 179 Å². The number of ether oxygens (including phenoxy) is 1. The van der Waals surface area contributed by atoms with Gasteiger partial charge in [-0.3, -0.25) is 9.59 Å². The van der Waals surface area contributed by atoms with E-state index in [1.807, 2.05) is 67.6 Å². The minimum atomic E-state index is -0.227. The van der Waals surface area contributed by atoms with Crippen molar-refractivity contribution in [1.29, 1.82) is 0 Å². The summed E-state index contributed by atoms with van der Waals surface area (Å²) in [6.07, 6.45) is 0. The van der Waals surface area contributed by atoms with Crippen LogP contribution >= 0.6 is 0 Å². The molecule has 0 radical (unpaired) electrons. The topological polar surface area (TPSA) is 58.6 Å². The summed E-state index contributed by atoms with van der Waals surface area (Å²) in [4.78, 5) is 27.9. The molecule has 0 saturated heterocycles. The van der Waals surface area contributed by atoms with Gasteiger partial charge >= 0.3 is 0 Å². The quantitative estimate of drug-likeness (QED) is 0.462. The Morgan fingerprint density at radius 2 is 1.68 bits per heavy atom. The molecule has 1 N–H and O–H groups in total. The third-order valence-corrected chi connectivity index (χ3v) is 5.44. The van der Waals surface area contributed by atoms with Gasteiger partial charge in [-0.15, -0.1) is 0 Å². The van der Waals surface area contributed by atoms with Crippen LogP contribution in [0, 0.1) is 0 Å². The summed E-state index contributed by atoms with van der Waals surface area (Å²) in [7, 11) is 0. The number of nitrogens with zero attached hydrogens (tertiary/aromatic N) is 1. The average Bonchev–Trinajstić information content (AvgIpc) is 2.92. The van der Waals surface area contributed by atoms with Crippen LogP contribution in [0.2, 0.25) is 0 Å². The number of nitrogens with one attached hydrogen (secondary N) is 1. The number of fused-ring (bicyclic) bond motifs is 3. The minimum absolute atomic E-state index is 0.163. The smallest absolute Gasteiger partial charge is 0.262 e. The fourth-order valence-electron chi connectivity index (χ4n) is 3.94. The number of hydrogen-bond donors (Lipinski definition) is 1. The van der Waals surface area contributed by atoms with E-state index in [4.69, 9.17) is 4.74 Å². The molecule has 1 aliphatic heterocycles. The van der Waals surface area contributed by atoms with Gasteiger partial charge in [-0.25, -0.2) is 0 Å². The Morgan fingerprint density at radius 3 is 2.55 bits per heavy atom. The molecule has 5 rings (SSSR count). The van der Waals surface area contributed by atoms with Crippen LogP contribution in [0.15, 0.2) is 84.9 Å². The van der Waals surface area contributed by atoms with E-state index in [-0.39, 0.29) is 11.8 Å². The summed E-state index contributed by atoms with van der Waals surface area (Å²) < 4.78 is 6.03. The number of para-hydroxylation sites is 2. The summed E-state index contributed by atoms with van der Waals surface area (Å²) in [6.45, 7) is 2.43. The van der Waals surface area contributed by atoms with Crippen LogP contribution < -0.4 is 15.0 Å². The summed E-state index contributed by atoms with van der Waals surface area (Å²) >= 11 is 0. The highest BCUT2D eigenvalue weighted by Crippen LogP contribution is 2.39. The second-order valence-corrected chi connectivity index (χ2v) is 7.31. The van der Waals surface area contributed by atoms with Gasteiger partial charge in [0.05, 0.1) is 11.3 Å². The van der Waals surface area contributed by atoms with Crippen LogP contribution in [0.25, 0.3) is 10.8 Å². The standard InChI is InChI=1S/C26H20N2O3/c1-2-28-22-12-5-6-13-24(22)31-23-15-14-18(16-21(23)26(28)30)27-25(29)20-11-7-9-17-8-3-4-10-19(17)20/h3-16H,2H2,1H3,(H,27,29). The summed E-state index contributed by atoms with van der Waals surface area (Å²) in [5.74, 6) is 0.707. The van der Waals surface area contributed by atoms with Crippen LogP contribution in [0.4, 0.5) is 11.4 Å². The lowest BCUT2D eigenvalue weighted by atomic mass is 10.0. The highest BCUT2D eigenvalue weighted by molar-refractivity contribution is 6.14. The van der Waals surface area contributed by atoms with Crippen molar-refractivity contribution in [3.8, 4) is 11.5 Å². The number of rotatable bonds is 3. The summed E-state index contributed by atoms with van der Waals surface area (Å²) in [5, 5.41) is 4.81. The average molecular weight is 408 g/mol. The molecule has 1 aliphatic rings. The first kappa shape index (κ1) is 18.9. The molecule has 0 bridgehead atoms. The van der Waals surface area contributed by atoms with Crippen LogP contribution in [0.3, 0.4) is 0 Å². The van der Waals surface area contributed by atoms with E-state index in [0.717, 1.165) is 16.5 Å². The third kappa shape index (κ3) is 3.30. The van der Waals surface area contributed by atoms with Gasteiger partial charge in [-0.05, 0) is 54.1 Å². The molecule has 0 atom stereocenters. The number of anilines is 2. The minimum Gasteiger partial charge on any atom is -0.454 e. The number of benzene rings is 4. The zero-order valence-corrected chi connectivity index (χ0v) is 17.0. The van der Waals surface area contributed by atoms with Gasteiger partial charge in [-0.2, -0.15) is 0 Å². The summed E-state index contributed by atoms with van der Waals surface area (Å²) in [5.41, 5.74) is 2.26. The van der Waals surface area contributed by atoms with Crippen LogP contribution in [-0.4, -0.2) is 18.4 Å². The molecule has 0 saturated carbocycles. The molecule has 2 amide bonds. The highest BCUT2D eigenvalue weighted by Gasteiger charge is 2.27. The zero-order valence-electron chi connectivity index (χ0n) is 17.0. The summed E-state index contributed by atoms with van der Waals surface area (Å²) in [6, 6.07) is 26.0. The Morgan fingerprint density at radius 1 is 0.903 bits per heavy atom. The van der Waals surface area contributed by atoms with Crippen molar-refractivity contribution < 1.29 is 14.3 Å². The molecule has 4 aromatic carbocycles. The van der Waals surface area contributed by atoms with Crippen LogP contribution in [0.5, 0.6) is 11.5 Å². The molecule has 0 unspecified atom stereocenters. The molecule has 0 aromatic heterocycles. The van der Waals surface area contributed by atoms with Gasteiger partial charge in [-0.1, -0.05) is 48.5 Å². The van der Waals surface area contributed by atoms with E-state index in [0.29, 0.717) is 34.9 Å². The second kappa shape index (κ2) is 7.61. The number of carbonyl (C=O) groups excluding carboxylic acids is 2. The molecule has 0 aliphatic carbocycles. The molecule has 0 spiro atoms. The van der Waals surface area contributed by atoms with Gasteiger partial charge in [0.25, 0.3) is 11.8 Å². The zero-order chi connectivity index (χ0) is 21.4. The van der Waals surface area contributed by atoms with E-state index in [1.165, 1.54) is 0 Å². The van der Waals surface area contributed by atoms with Gasteiger partial charge in [0.1, 0.15) is 5.75 Å². The van der Waals surface area contributed by atoms with Crippen molar-refractivity contribution in [2.75, 3.05) is 16.8 Å². The maximum Gasteiger partial charge on any atom is 0.262 e. The Kier molecular flexibility index (Phi) is 4.64. The lowest BCUT2D eigenvalue weighted by Crippen LogP contribution is -2.29. The fraction of sp³-hybridized carbons (Fsp3) is 0.0769. The molecule has 5 heteroatoms. The van der Waals surface area contributed by atoms with Gasteiger partial charge < -0.3 is 15.0 Å². The molecule has 31 heavy (non-hydrogen) atoms. The van der Waals surface area contributed by atoms with E-state index in [9.17, 15) is 9.59 Å². The molecule has 152 valence electrons. The molecule has 4 aromatic rings. The normalized spacial score (nSPS) is 12.5. The number of carbonyl (C=O) groups is 2. The SMILES string of the molecule is CCN1C(=O)c2cc(NC(=O)c3cccc4ccccc34)ccc2Oc2ccccc21. The van der Waals surface area contributed by atoms with Crippen molar-refractivity contribution in [2.24, 2.45) is 0 Å². The van der Waals surface area contributed by atoms with Crippen molar-refractivity contribution in [3.05, 3.63) is 96.1 Å². The molecule has 1 heterocycles. The molecule has 5 nitrogen and oxygen atoms in total. The van der Waals surface area contributed by atoms with Crippen LogP contribution in [0.1, 0.15) is 27.6 Å². The van der Waals surface area contributed by atoms with Crippen molar-refractivity contribution >= 4 is 34.0 Å². The first-order valence-corrected chi connectivity index (χ1v) is 10.2. The Balaban J connectivity index is 1.50. The monoisotopic (exact) mass is 408 g/mol. The van der Waals surface area contributed by atoms with Gasteiger partial charge in [0.15, 0.2) is 5.75 Å². The highest BCUT2D eigenvalue weighted by atomic mass is 16.5. The maximum atomic E-state index is 13.2. The number of hydrogen-bond acceptors (Lipinski definition) is 3. The lowest BCUT2D eigenvalue weighted by Gasteiger charge is -2.19.